The van der Waals surface area contributed by atoms with E-state index in [1.54, 1.807) is 16.8 Å². The lowest BCUT2D eigenvalue weighted by Gasteiger charge is -2.08. The lowest BCUT2D eigenvalue weighted by atomic mass is 10.0. The molecule has 0 fully saturated rings. The Morgan fingerprint density at radius 1 is 1.00 bits per heavy atom. The molecular formula is C21H12F4N4. The van der Waals surface area contributed by atoms with Gasteiger partial charge in [-0.05, 0) is 47.5 Å². The number of halogens is 4. The summed E-state index contributed by atoms with van der Waals surface area (Å²) in [6.45, 7) is 0.187. The van der Waals surface area contributed by atoms with Gasteiger partial charge >= 0.3 is 0 Å². The number of hydrogen-bond acceptors (Lipinski definition) is 3. The first-order chi connectivity index (χ1) is 13.9. The Kier molecular flexibility index (Phi) is 4.72. The molecule has 0 saturated carbocycles. The van der Waals surface area contributed by atoms with Crippen LogP contribution in [-0.4, -0.2) is 14.8 Å². The number of pyridine rings is 1. The van der Waals surface area contributed by atoms with Crippen molar-refractivity contribution in [1.82, 2.24) is 14.8 Å². The Balaban J connectivity index is 1.75. The van der Waals surface area contributed by atoms with Crippen molar-refractivity contribution in [1.29, 1.82) is 5.26 Å². The Morgan fingerprint density at radius 2 is 1.83 bits per heavy atom. The molecule has 0 spiro atoms. The molecule has 2 aromatic heterocycles. The third-order valence-corrected chi connectivity index (χ3v) is 4.48. The number of nitriles is 1. The predicted octanol–water partition coefficient (Wildman–Crippen LogP) is 5.23. The molecule has 0 aliphatic heterocycles. The van der Waals surface area contributed by atoms with Crippen molar-refractivity contribution in [3.8, 4) is 17.2 Å². The lowest BCUT2D eigenvalue weighted by Crippen LogP contribution is -2.02. The summed E-state index contributed by atoms with van der Waals surface area (Å²) < 4.78 is 54.8. The van der Waals surface area contributed by atoms with Gasteiger partial charge in [-0.2, -0.15) is 10.4 Å². The van der Waals surface area contributed by atoms with Gasteiger partial charge in [0.2, 0.25) is 0 Å². The van der Waals surface area contributed by atoms with Crippen LogP contribution in [0, 0.1) is 23.0 Å². The average molecular weight is 396 g/mol. The molecule has 2 aromatic carbocycles. The highest BCUT2D eigenvalue weighted by Crippen LogP contribution is 2.29. The molecule has 0 saturated heterocycles. The fourth-order valence-electron chi connectivity index (χ4n) is 3.11. The van der Waals surface area contributed by atoms with Gasteiger partial charge in [0, 0.05) is 11.8 Å². The quantitative estimate of drug-likeness (QED) is 0.444. The zero-order valence-corrected chi connectivity index (χ0v) is 14.8. The zero-order valence-electron chi connectivity index (χ0n) is 14.8. The van der Waals surface area contributed by atoms with Crippen LogP contribution < -0.4 is 0 Å². The molecule has 8 heteroatoms. The summed E-state index contributed by atoms with van der Waals surface area (Å²) in [5, 5.41) is 13.2. The van der Waals surface area contributed by atoms with Crippen molar-refractivity contribution in [3.05, 3.63) is 83.2 Å². The number of rotatable bonds is 4. The van der Waals surface area contributed by atoms with E-state index in [0.29, 0.717) is 27.7 Å². The number of aromatic nitrogens is 3. The topological polar surface area (TPSA) is 54.5 Å². The van der Waals surface area contributed by atoms with Crippen LogP contribution in [0.5, 0.6) is 0 Å². The van der Waals surface area contributed by atoms with E-state index in [-0.39, 0.29) is 12.1 Å². The van der Waals surface area contributed by atoms with Crippen LogP contribution in [0.4, 0.5) is 17.6 Å². The first-order valence-electron chi connectivity index (χ1n) is 8.53. The van der Waals surface area contributed by atoms with Crippen LogP contribution in [0.1, 0.15) is 23.1 Å². The van der Waals surface area contributed by atoms with E-state index in [0.717, 1.165) is 18.2 Å². The van der Waals surface area contributed by atoms with Gasteiger partial charge in [0.1, 0.15) is 17.2 Å². The highest BCUT2D eigenvalue weighted by atomic mass is 19.3. The van der Waals surface area contributed by atoms with Gasteiger partial charge in [0.05, 0.1) is 35.5 Å². The van der Waals surface area contributed by atoms with Crippen LogP contribution in [-0.2, 0) is 6.54 Å². The van der Waals surface area contributed by atoms with Crippen molar-refractivity contribution in [2.75, 3.05) is 0 Å². The van der Waals surface area contributed by atoms with Crippen molar-refractivity contribution in [2.45, 2.75) is 13.0 Å². The normalized spacial score (nSPS) is 11.2. The van der Waals surface area contributed by atoms with Crippen LogP contribution in [0.25, 0.3) is 22.2 Å². The fraction of sp³-hybridized carbons (Fsp3) is 0.0952. The Bertz CT molecular complexity index is 1260. The van der Waals surface area contributed by atoms with Gasteiger partial charge in [-0.1, -0.05) is 6.07 Å². The summed E-state index contributed by atoms with van der Waals surface area (Å²) in [7, 11) is 0. The molecule has 0 amide bonds. The maximum Gasteiger partial charge on any atom is 0.266 e. The number of fused-ring (bicyclic) bond motifs is 1. The summed E-state index contributed by atoms with van der Waals surface area (Å²) >= 11 is 0. The predicted molar refractivity (Wildman–Crippen MR) is 98.1 cm³/mol. The second kappa shape index (κ2) is 7.36. The molecule has 0 radical (unpaired) electrons. The van der Waals surface area contributed by atoms with E-state index in [1.807, 2.05) is 6.07 Å². The smallest absolute Gasteiger partial charge is 0.259 e. The maximum absolute atomic E-state index is 13.7. The minimum absolute atomic E-state index is 0.187. The molecule has 2 heterocycles. The van der Waals surface area contributed by atoms with Crippen LogP contribution >= 0.6 is 0 Å². The third-order valence-electron chi connectivity index (χ3n) is 4.48. The molecule has 0 unspecified atom stereocenters. The minimum Gasteiger partial charge on any atom is -0.259 e. The largest absolute Gasteiger partial charge is 0.266 e. The van der Waals surface area contributed by atoms with Crippen molar-refractivity contribution in [3.63, 3.8) is 0 Å². The summed E-state index contributed by atoms with van der Waals surface area (Å²) in [6.07, 6.45) is 0.0885. The van der Waals surface area contributed by atoms with E-state index in [2.05, 4.69) is 10.1 Å². The molecule has 144 valence electrons. The zero-order chi connectivity index (χ0) is 20.5. The van der Waals surface area contributed by atoms with Gasteiger partial charge in [-0.3, -0.25) is 9.67 Å². The summed E-state index contributed by atoms with van der Waals surface area (Å²) in [5.74, 6) is -1.50. The monoisotopic (exact) mass is 396 g/mol. The molecule has 4 nitrogen and oxygen atoms in total. The standard InChI is InChI=1S/C21H12F4N4/c22-16-4-12(8-26)3-13(5-16)11-29-20-7-15(9-27-19(20)10-28-29)14-1-2-18(23)17(6-14)21(24)25/h1-7,9-10,21H,11H2. The summed E-state index contributed by atoms with van der Waals surface area (Å²) in [4.78, 5) is 4.28. The molecule has 0 bridgehead atoms. The second-order valence-corrected chi connectivity index (χ2v) is 6.43. The average Bonchev–Trinajstić information content (AvgIpc) is 3.09. The minimum atomic E-state index is -2.93. The van der Waals surface area contributed by atoms with Gasteiger partial charge in [-0.25, -0.2) is 17.6 Å². The van der Waals surface area contributed by atoms with Gasteiger partial charge in [0.25, 0.3) is 6.43 Å². The first kappa shape index (κ1) is 18.6. The molecule has 4 rings (SSSR count). The highest BCUT2D eigenvalue weighted by Gasteiger charge is 2.15. The maximum atomic E-state index is 13.7. The van der Waals surface area contributed by atoms with E-state index in [4.69, 9.17) is 5.26 Å². The van der Waals surface area contributed by atoms with E-state index in [1.165, 1.54) is 24.5 Å². The van der Waals surface area contributed by atoms with Crippen LogP contribution in [0.3, 0.4) is 0 Å². The summed E-state index contributed by atoms with van der Waals surface area (Å²) in [5.41, 5.74) is 2.11. The molecule has 0 aliphatic rings. The SMILES string of the molecule is N#Cc1cc(F)cc(Cn2ncc3ncc(-c4ccc(F)c(C(F)F)c4)cc32)c1. The van der Waals surface area contributed by atoms with E-state index < -0.39 is 23.6 Å². The number of nitrogens with zero attached hydrogens (tertiary/aromatic N) is 4. The van der Waals surface area contributed by atoms with Gasteiger partial charge in [-0.15, -0.1) is 0 Å². The first-order valence-corrected chi connectivity index (χ1v) is 8.53. The Hall–Kier alpha value is -3.73. The third kappa shape index (κ3) is 3.67. The Labute approximate surface area is 162 Å². The number of hydrogen-bond donors (Lipinski definition) is 0. The van der Waals surface area contributed by atoms with Gasteiger partial charge in [0.15, 0.2) is 0 Å². The highest BCUT2D eigenvalue weighted by molar-refractivity contribution is 5.80. The molecule has 0 atom stereocenters. The van der Waals surface area contributed by atoms with Crippen LogP contribution in [0.15, 0.2) is 54.9 Å². The summed E-state index contributed by atoms with van der Waals surface area (Å²) in [6, 6.07) is 11.1. The van der Waals surface area contributed by atoms with Gasteiger partial charge < -0.3 is 0 Å². The molecule has 4 aromatic rings. The molecule has 0 N–H and O–H groups in total. The number of benzene rings is 2. The van der Waals surface area contributed by atoms with E-state index in [9.17, 15) is 17.6 Å². The molecule has 29 heavy (non-hydrogen) atoms. The lowest BCUT2D eigenvalue weighted by molar-refractivity contribution is 0.146. The number of alkyl halides is 2. The van der Waals surface area contributed by atoms with Crippen molar-refractivity contribution >= 4 is 11.0 Å². The van der Waals surface area contributed by atoms with Crippen molar-refractivity contribution < 1.29 is 17.6 Å². The van der Waals surface area contributed by atoms with Crippen LogP contribution in [0.2, 0.25) is 0 Å². The molecular weight excluding hydrogens is 384 g/mol. The molecule has 0 aliphatic carbocycles. The Morgan fingerprint density at radius 3 is 2.59 bits per heavy atom. The fourth-order valence-corrected chi connectivity index (χ4v) is 3.11. The van der Waals surface area contributed by atoms with Crippen molar-refractivity contribution in [2.24, 2.45) is 0 Å². The second-order valence-electron chi connectivity index (χ2n) is 6.43. The van der Waals surface area contributed by atoms with E-state index >= 15 is 0 Å².